The first-order valence-corrected chi connectivity index (χ1v) is 3.62. The van der Waals surface area contributed by atoms with Crippen LogP contribution in [0.5, 0.6) is 0 Å². The minimum atomic E-state index is 0.278. The molecule has 0 aromatic rings. The molecule has 2 heteroatoms. The van der Waals surface area contributed by atoms with Gasteiger partial charge >= 0.3 is 0 Å². The summed E-state index contributed by atoms with van der Waals surface area (Å²) in [6.07, 6.45) is 6.28. The Kier molecular flexibility index (Phi) is 2.31. The van der Waals surface area contributed by atoms with Crippen molar-refractivity contribution in [3.63, 3.8) is 0 Å². The number of likely N-dealkylation sites (tertiary alicyclic amines) is 1. The first-order chi connectivity index (χ1) is 4.72. The van der Waals surface area contributed by atoms with Crippen LogP contribution in [-0.2, 0) is 0 Å². The summed E-state index contributed by atoms with van der Waals surface area (Å²) in [5.74, 6) is 3.11. The molecule has 0 aliphatic carbocycles. The summed E-state index contributed by atoms with van der Waals surface area (Å²) in [5.41, 5.74) is 5.75. The third-order valence-corrected chi connectivity index (χ3v) is 1.90. The molecule has 0 amide bonds. The van der Waals surface area contributed by atoms with E-state index in [1.807, 2.05) is 0 Å². The van der Waals surface area contributed by atoms with Gasteiger partial charge in [0.2, 0.25) is 0 Å². The maximum atomic E-state index is 5.75. The number of rotatable bonds is 0. The monoisotopic (exact) mass is 138 g/mol. The van der Waals surface area contributed by atoms with Crippen LogP contribution in [0.15, 0.2) is 0 Å². The number of hydrogen-bond acceptors (Lipinski definition) is 2. The van der Waals surface area contributed by atoms with Crippen molar-refractivity contribution < 1.29 is 0 Å². The van der Waals surface area contributed by atoms with Gasteiger partial charge in [-0.05, 0) is 13.5 Å². The molecule has 1 aliphatic rings. The van der Waals surface area contributed by atoms with Crippen LogP contribution >= 0.6 is 0 Å². The predicted octanol–water partition coefficient (Wildman–Crippen LogP) is -0.101. The standard InChI is InChI=1S/C8H14N2/c1-3-7-4-8(9)6-10(2)5-7/h1,7-8H,4-6,9H2,2H3/t7-,8-/m1/s1. The molecule has 0 saturated carbocycles. The van der Waals surface area contributed by atoms with E-state index in [4.69, 9.17) is 12.2 Å². The lowest BCUT2D eigenvalue weighted by atomic mass is 9.96. The zero-order valence-corrected chi connectivity index (χ0v) is 6.38. The van der Waals surface area contributed by atoms with Crippen LogP contribution < -0.4 is 5.73 Å². The van der Waals surface area contributed by atoms with E-state index >= 15 is 0 Å². The molecule has 1 heterocycles. The molecule has 56 valence electrons. The highest BCUT2D eigenvalue weighted by atomic mass is 15.1. The molecule has 0 aromatic heterocycles. The number of hydrogen-bond donors (Lipinski definition) is 1. The summed E-state index contributed by atoms with van der Waals surface area (Å²) in [4.78, 5) is 2.19. The van der Waals surface area contributed by atoms with Crippen LogP contribution in [-0.4, -0.2) is 31.1 Å². The van der Waals surface area contributed by atoms with E-state index in [9.17, 15) is 0 Å². The van der Waals surface area contributed by atoms with Crippen molar-refractivity contribution >= 4 is 0 Å². The Morgan fingerprint density at radius 1 is 1.60 bits per heavy atom. The Morgan fingerprint density at radius 3 is 2.80 bits per heavy atom. The molecule has 0 radical (unpaired) electrons. The maximum Gasteiger partial charge on any atom is 0.0342 e. The van der Waals surface area contributed by atoms with E-state index in [2.05, 4.69) is 17.9 Å². The second-order valence-electron chi connectivity index (χ2n) is 3.08. The highest BCUT2D eigenvalue weighted by Gasteiger charge is 2.20. The Labute approximate surface area is 62.4 Å². The van der Waals surface area contributed by atoms with E-state index < -0.39 is 0 Å². The van der Waals surface area contributed by atoms with Crippen molar-refractivity contribution in [2.75, 3.05) is 20.1 Å². The molecule has 1 rings (SSSR count). The van der Waals surface area contributed by atoms with Crippen molar-refractivity contribution in [2.45, 2.75) is 12.5 Å². The normalized spacial score (nSPS) is 35.3. The fraction of sp³-hybridized carbons (Fsp3) is 0.750. The number of nitrogens with two attached hydrogens (primary N) is 1. The predicted molar refractivity (Wildman–Crippen MR) is 42.4 cm³/mol. The number of terminal acetylenes is 1. The van der Waals surface area contributed by atoms with Gasteiger partial charge in [-0.1, -0.05) is 0 Å². The van der Waals surface area contributed by atoms with Gasteiger partial charge in [0.1, 0.15) is 0 Å². The molecule has 10 heavy (non-hydrogen) atoms. The quantitative estimate of drug-likeness (QED) is 0.474. The topological polar surface area (TPSA) is 29.3 Å². The average Bonchev–Trinajstić information content (AvgIpc) is 1.85. The van der Waals surface area contributed by atoms with Gasteiger partial charge in [0.05, 0.1) is 0 Å². The van der Waals surface area contributed by atoms with Crippen molar-refractivity contribution in [2.24, 2.45) is 11.7 Å². The van der Waals surface area contributed by atoms with Crippen LogP contribution in [0.3, 0.4) is 0 Å². The first kappa shape index (κ1) is 7.59. The van der Waals surface area contributed by atoms with E-state index in [1.54, 1.807) is 0 Å². The van der Waals surface area contributed by atoms with Gasteiger partial charge in [0.25, 0.3) is 0 Å². The van der Waals surface area contributed by atoms with Gasteiger partial charge in [0, 0.05) is 25.0 Å². The summed E-state index contributed by atoms with van der Waals surface area (Å²) in [7, 11) is 2.06. The summed E-state index contributed by atoms with van der Waals surface area (Å²) in [5, 5.41) is 0. The fourth-order valence-corrected chi connectivity index (χ4v) is 1.49. The highest BCUT2D eigenvalue weighted by Crippen LogP contribution is 2.12. The van der Waals surface area contributed by atoms with E-state index in [0.29, 0.717) is 5.92 Å². The lowest BCUT2D eigenvalue weighted by Gasteiger charge is -2.30. The van der Waals surface area contributed by atoms with E-state index in [-0.39, 0.29) is 6.04 Å². The van der Waals surface area contributed by atoms with Crippen LogP contribution in [0.1, 0.15) is 6.42 Å². The largest absolute Gasteiger partial charge is 0.326 e. The SMILES string of the molecule is C#C[C@@H]1C[C@@H](N)CN(C)C1. The first-order valence-electron chi connectivity index (χ1n) is 3.62. The summed E-state index contributed by atoms with van der Waals surface area (Å²) in [6.45, 7) is 1.99. The number of likely N-dealkylation sites (N-methyl/N-ethyl adjacent to an activating group) is 1. The third kappa shape index (κ3) is 1.73. The van der Waals surface area contributed by atoms with Gasteiger partial charge < -0.3 is 10.6 Å². The molecule has 2 atom stereocenters. The minimum absolute atomic E-state index is 0.278. The molecular weight excluding hydrogens is 124 g/mol. The maximum absolute atomic E-state index is 5.75. The molecule has 2 nitrogen and oxygen atoms in total. The van der Waals surface area contributed by atoms with E-state index in [1.165, 1.54) is 0 Å². The minimum Gasteiger partial charge on any atom is -0.326 e. The molecular formula is C8H14N2. The zero-order valence-electron chi connectivity index (χ0n) is 6.38. The highest BCUT2D eigenvalue weighted by molar-refractivity contribution is 4.98. The molecule has 0 unspecified atom stereocenters. The second kappa shape index (κ2) is 3.05. The van der Waals surface area contributed by atoms with Crippen molar-refractivity contribution in [3.05, 3.63) is 0 Å². The van der Waals surface area contributed by atoms with Crippen LogP contribution in [0.25, 0.3) is 0 Å². The van der Waals surface area contributed by atoms with Gasteiger partial charge in [-0.2, -0.15) is 0 Å². The van der Waals surface area contributed by atoms with Crippen LogP contribution in [0.2, 0.25) is 0 Å². The molecule has 1 fully saturated rings. The molecule has 0 aromatic carbocycles. The Balaban J connectivity index is 2.44. The van der Waals surface area contributed by atoms with Crippen molar-refractivity contribution in [1.29, 1.82) is 0 Å². The zero-order chi connectivity index (χ0) is 7.56. The summed E-state index contributed by atoms with van der Waals surface area (Å²) < 4.78 is 0. The third-order valence-electron chi connectivity index (χ3n) is 1.90. The van der Waals surface area contributed by atoms with Gasteiger partial charge in [-0.3, -0.25) is 0 Å². The molecule has 1 saturated heterocycles. The second-order valence-corrected chi connectivity index (χ2v) is 3.08. The fourth-order valence-electron chi connectivity index (χ4n) is 1.49. The van der Waals surface area contributed by atoms with Crippen molar-refractivity contribution in [1.82, 2.24) is 4.90 Å². The Hall–Kier alpha value is -0.520. The van der Waals surface area contributed by atoms with Gasteiger partial charge in [0.15, 0.2) is 0 Å². The lowest BCUT2D eigenvalue weighted by Crippen LogP contribution is -2.44. The Bertz CT molecular complexity index is 138. The molecule has 0 spiro atoms. The van der Waals surface area contributed by atoms with Gasteiger partial charge in [-0.25, -0.2) is 0 Å². The van der Waals surface area contributed by atoms with E-state index in [0.717, 1.165) is 19.5 Å². The van der Waals surface area contributed by atoms with Crippen molar-refractivity contribution in [3.8, 4) is 12.3 Å². The van der Waals surface area contributed by atoms with Crippen LogP contribution in [0, 0.1) is 18.3 Å². The molecule has 0 bridgehead atoms. The van der Waals surface area contributed by atoms with Crippen LogP contribution in [0.4, 0.5) is 0 Å². The Morgan fingerprint density at radius 2 is 2.30 bits per heavy atom. The number of piperidine rings is 1. The number of nitrogens with zero attached hydrogens (tertiary/aromatic N) is 1. The molecule has 1 aliphatic heterocycles. The summed E-state index contributed by atoms with van der Waals surface area (Å²) >= 11 is 0. The van der Waals surface area contributed by atoms with Gasteiger partial charge in [-0.15, -0.1) is 12.3 Å². The molecule has 2 N–H and O–H groups in total. The smallest absolute Gasteiger partial charge is 0.0342 e. The summed E-state index contributed by atoms with van der Waals surface area (Å²) in [6, 6.07) is 0.278. The average molecular weight is 138 g/mol. The lowest BCUT2D eigenvalue weighted by molar-refractivity contribution is 0.219.